The molecule has 2 heterocycles. The van der Waals surface area contributed by atoms with Crippen LogP contribution in [0.2, 0.25) is 0 Å². The molecule has 1 aliphatic rings. The highest BCUT2D eigenvalue weighted by molar-refractivity contribution is 6.10. The van der Waals surface area contributed by atoms with Crippen molar-refractivity contribution in [3.8, 4) is 11.1 Å². The number of likely N-dealkylation sites (N-methyl/N-ethyl adjacent to an activating group) is 1. The third-order valence-electron chi connectivity index (χ3n) is 7.22. The fraction of sp³-hybridized carbons (Fsp3) is 0.429. The van der Waals surface area contributed by atoms with Crippen LogP contribution in [-0.4, -0.2) is 70.2 Å². The lowest BCUT2D eigenvalue weighted by atomic mass is 9.96. The lowest BCUT2D eigenvalue weighted by Crippen LogP contribution is -2.47. The van der Waals surface area contributed by atoms with Gasteiger partial charge in [-0.2, -0.15) is 0 Å². The van der Waals surface area contributed by atoms with Gasteiger partial charge in [-0.1, -0.05) is 49.4 Å². The van der Waals surface area contributed by atoms with E-state index in [1.165, 1.54) is 6.92 Å². The van der Waals surface area contributed by atoms with Crippen LogP contribution in [-0.2, 0) is 23.2 Å². The van der Waals surface area contributed by atoms with Crippen molar-refractivity contribution in [1.29, 1.82) is 0 Å². The number of hydrogen-bond acceptors (Lipinski definition) is 4. The molecule has 7 nitrogen and oxygen atoms in total. The number of fused-ring (bicyclic) bond motifs is 5. The highest BCUT2D eigenvalue weighted by Gasteiger charge is 2.33. The normalized spacial score (nSPS) is 19.6. The highest BCUT2D eigenvalue weighted by atomic mass is 16.5. The maximum absolute atomic E-state index is 14.2. The molecule has 0 fully saturated rings. The number of aliphatic hydroxyl groups excluding tert-OH is 1. The Morgan fingerprint density at radius 2 is 1.89 bits per heavy atom. The van der Waals surface area contributed by atoms with Crippen molar-refractivity contribution in [2.75, 3.05) is 26.7 Å². The van der Waals surface area contributed by atoms with Gasteiger partial charge in [0.15, 0.2) is 0 Å². The third-order valence-corrected chi connectivity index (χ3v) is 7.22. The molecule has 4 rings (SSSR count). The number of amides is 2. The van der Waals surface area contributed by atoms with Crippen molar-refractivity contribution in [3.63, 3.8) is 0 Å². The number of aliphatic hydroxyl groups is 1. The number of ether oxygens (including phenoxy) is 1. The lowest BCUT2D eigenvalue weighted by Gasteiger charge is -2.35. The summed E-state index contributed by atoms with van der Waals surface area (Å²) in [6.07, 6.45) is -0.281. The molecule has 0 unspecified atom stereocenters. The van der Waals surface area contributed by atoms with Gasteiger partial charge in [0.2, 0.25) is 5.91 Å². The molecule has 2 amide bonds. The van der Waals surface area contributed by atoms with E-state index in [-0.39, 0.29) is 36.5 Å². The molecule has 0 bridgehead atoms. The van der Waals surface area contributed by atoms with Crippen molar-refractivity contribution in [1.82, 2.24) is 14.4 Å². The van der Waals surface area contributed by atoms with E-state index in [0.29, 0.717) is 25.4 Å². The molecule has 35 heavy (non-hydrogen) atoms. The molecule has 1 aromatic heterocycles. The molecule has 3 atom stereocenters. The van der Waals surface area contributed by atoms with E-state index in [4.69, 9.17) is 4.74 Å². The molecular weight excluding hydrogens is 442 g/mol. The average Bonchev–Trinajstić information content (AvgIpc) is 3.15. The Morgan fingerprint density at radius 1 is 1.20 bits per heavy atom. The van der Waals surface area contributed by atoms with Crippen molar-refractivity contribution in [3.05, 3.63) is 59.8 Å². The van der Waals surface area contributed by atoms with Crippen LogP contribution in [0.1, 0.15) is 36.8 Å². The van der Waals surface area contributed by atoms with Crippen LogP contribution < -0.4 is 0 Å². The first-order valence-corrected chi connectivity index (χ1v) is 12.1. The van der Waals surface area contributed by atoms with Crippen LogP contribution in [0.4, 0.5) is 0 Å². The zero-order valence-corrected chi connectivity index (χ0v) is 21.2. The van der Waals surface area contributed by atoms with E-state index in [1.54, 1.807) is 16.8 Å². The number of rotatable bonds is 4. The molecule has 0 aliphatic carbocycles. The first-order valence-electron chi connectivity index (χ1n) is 12.1. The molecule has 186 valence electrons. The van der Waals surface area contributed by atoms with Crippen molar-refractivity contribution in [2.45, 2.75) is 39.5 Å². The van der Waals surface area contributed by atoms with Gasteiger partial charge in [-0.05, 0) is 24.1 Å². The van der Waals surface area contributed by atoms with Gasteiger partial charge < -0.3 is 24.2 Å². The van der Waals surface area contributed by atoms with Gasteiger partial charge in [-0.3, -0.25) is 9.59 Å². The summed E-state index contributed by atoms with van der Waals surface area (Å²) in [7, 11) is 3.69. The average molecular weight is 478 g/mol. The van der Waals surface area contributed by atoms with E-state index < -0.39 is 0 Å². The van der Waals surface area contributed by atoms with Crippen molar-refractivity contribution in [2.24, 2.45) is 13.0 Å². The van der Waals surface area contributed by atoms with Gasteiger partial charge in [-0.15, -0.1) is 0 Å². The Bertz CT molecular complexity index is 1230. The minimum atomic E-state index is -0.377. The Labute approximate surface area is 206 Å². The number of para-hydroxylation sites is 1. The zero-order valence-electron chi connectivity index (χ0n) is 21.2. The first kappa shape index (κ1) is 24.9. The first-order chi connectivity index (χ1) is 16.7. The Hall–Kier alpha value is -3.16. The van der Waals surface area contributed by atoms with E-state index in [9.17, 15) is 14.7 Å². The second kappa shape index (κ2) is 10.2. The number of aryl methyl sites for hydroxylation is 1. The predicted octanol–water partition coefficient (Wildman–Crippen LogP) is 3.68. The minimum Gasteiger partial charge on any atom is -0.394 e. The summed E-state index contributed by atoms with van der Waals surface area (Å²) in [5.41, 5.74) is 4.41. The molecule has 0 saturated carbocycles. The van der Waals surface area contributed by atoms with Crippen LogP contribution in [0.3, 0.4) is 0 Å². The largest absolute Gasteiger partial charge is 0.394 e. The molecule has 0 spiro atoms. The number of nitrogens with zero attached hydrogens (tertiary/aromatic N) is 3. The zero-order chi connectivity index (χ0) is 25.3. The fourth-order valence-electron chi connectivity index (χ4n) is 4.92. The lowest BCUT2D eigenvalue weighted by molar-refractivity contribution is -0.130. The fourth-order valence-corrected chi connectivity index (χ4v) is 4.92. The van der Waals surface area contributed by atoms with Crippen molar-refractivity contribution >= 4 is 22.7 Å². The summed E-state index contributed by atoms with van der Waals surface area (Å²) >= 11 is 0. The topological polar surface area (TPSA) is 75.0 Å². The summed E-state index contributed by atoms with van der Waals surface area (Å²) in [4.78, 5) is 29.6. The summed E-state index contributed by atoms with van der Waals surface area (Å²) < 4.78 is 8.43. The van der Waals surface area contributed by atoms with E-state index in [2.05, 4.69) is 0 Å². The molecule has 1 N–H and O–H groups in total. The van der Waals surface area contributed by atoms with Gasteiger partial charge in [0, 0.05) is 56.5 Å². The molecular formula is C28H35N3O4. The minimum absolute atomic E-state index is 0.0361. The smallest absolute Gasteiger partial charge is 0.271 e. The molecule has 2 aromatic carbocycles. The van der Waals surface area contributed by atoms with Crippen LogP contribution in [0.25, 0.3) is 22.0 Å². The highest BCUT2D eigenvalue weighted by Crippen LogP contribution is 2.38. The number of benzene rings is 2. The number of hydrogen-bond donors (Lipinski definition) is 1. The van der Waals surface area contributed by atoms with Gasteiger partial charge in [-0.25, -0.2) is 0 Å². The van der Waals surface area contributed by atoms with Crippen LogP contribution >= 0.6 is 0 Å². The summed E-state index contributed by atoms with van der Waals surface area (Å²) in [6.45, 7) is 6.47. The van der Waals surface area contributed by atoms with E-state index in [0.717, 1.165) is 27.6 Å². The second-order valence-corrected chi connectivity index (χ2v) is 9.67. The van der Waals surface area contributed by atoms with Crippen LogP contribution in [0.5, 0.6) is 0 Å². The monoisotopic (exact) mass is 477 g/mol. The van der Waals surface area contributed by atoms with Crippen LogP contribution in [0, 0.1) is 5.92 Å². The van der Waals surface area contributed by atoms with Crippen LogP contribution in [0.15, 0.2) is 48.5 Å². The molecule has 3 aromatic rings. The molecule has 0 saturated heterocycles. The maximum atomic E-state index is 14.2. The standard InChI is InChI=1S/C28H35N3O4/c1-18-14-31(19(2)16-32)28(34)27-26(23-12-8-9-13-24(23)30(27)5)22-11-7-6-10-21(22)17-35-25(18)15-29(4)20(3)33/h6-13,18-19,25,32H,14-17H2,1-5H3/t18-,19+,25+/m1/s1. The van der Waals surface area contributed by atoms with Gasteiger partial charge >= 0.3 is 0 Å². The quantitative estimate of drug-likeness (QED) is 0.622. The Kier molecular flexibility index (Phi) is 7.28. The Balaban J connectivity index is 1.93. The van der Waals surface area contributed by atoms with Gasteiger partial charge in [0.05, 0.1) is 25.4 Å². The summed E-state index contributed by atoms with van der Waals surface area (Å²) in [5.74, 6) is -0.230. The summed E-state index contributed by atoms with van der Waals surface area (Å²) in [6, 6.07) is 15.7. The summed E-state index contributed by atoms with van der Waals surface area (Å²) in [5, 5.41) is 11.1. The maximum Gasteiger partial charge on any atom is 0.271 e. The molecule has 1 aliphatic heterocycles. The Morgan fingerprint density at radius 3 is 2.60 bits per heavy atom. The molecule has 0 radical (unpaired) electrons. The third kappa shape index (κ3) is 4.70. The number of aromatic nitrogens is 1. The second-order valence-electron chi connectivity index (χ2n) is 9.67. The van der Waals surface area contributed by atoms with Crippen molar-refractivity contribution < 1.29 is 19.4 Å². The van der Waals surface area contributed by atoms with Gasteiger partial charge in [0.1, 0.15) is 5.69 Å². The SMILES string of the molecule is CC(=O)N(C)C[C@@H]1OCc2ccccc2-c2c(n(C)c3ccccc23)C(=O)N([C@@H](C)CO)C[C@H]1C. The molecule has 7 heteroatoms. The van der Waals surface area contributed by atoms with Gasteiger partial charge in [0.25, 0.3) is 5.91 Å². The van der Waals surface area contributed by atoms with E-state index in [1.807, 2.05) is 74.0 Å². The van der Waals surface area contributed by atoms with E-state index >= 15 is 0 Å². The number of carbonyl (C=O) groups excluding carboxylic acids is 2. The predicted molar refractivity (Wildman–Crippen MR) is 137 cm³/mol. The number of carbonyl (C=O) groups is 2.